The summed E-state index contributed by atoms with van der Waals surface area (Å²) in [6.45, 7) is 5.91. The van der Waals surface area contributed by atoms with Gasteiger partial charge in [0, 0.05) is 19.4 Å². The fraction of sp³-hybridized carbons (Fsp3) is 0.444. The molecule has 6 heteroatoms. The number of nitrogens with one attached hydrogen (secondary N) is 1. The molecule has 0 spiro atoms. The molecule has 2 N–H and O–H groups in total. The van der Waals surface area contributed by atoms with Crippen molar-refractivity contribution in [2.75, 3.05) is 6.54 Å². The van der Waals surface area contributed by atoms with Crippen LogP contribution in [0.3, 0.4) is 0 Å². The highest BCUT2D eigenvalue weighted by atomic mass is 19.1. The van der Waals surface area contributed by atoms with E-state index in [-0.39, 0.29) is 30.1 Å². The lowest BCUT2D eigenvalue weighted by molar-refractivity contribution is -0.121. The number of amides is 1. The van der Waals surface area contributed by atoms with Gasteiger partial charge in [0.1, 0.15) is 5.82 Å². The number of halogens is 1. The molecular formula is C18H23FN2O3. The maximum atomic E-state index is 13.7. The van der Waals surface area contributed by atoms with Crippen LogP contribution < -0.4 is 5.32 Å². The summed E-state index contributed by atoms with van der Waals surface area (Å²) >= 11 is 0. The van der Waals surface area contributed by atoms with Crippen LogP contribution in [0.25, 0.3) is 11.3 Å². The first-order valence-corrected chi connectivity index (χ1v) is 7.91. The molecule has 0 bridgehead atoms. The lowest BCUT2D eigenvalue weighted by Crippen LogP contribution is -2.39. The Morgan fingerprint density at radius 3 is 2.75 bits per heavy atom. The molecule has 0 aliphatic rings. The third-order valence-electron chi connectivity index (χ3n) is 3.75. The Hall–Kier alpha value is -2.21. The average Bonchev–Trinajstić information content (AvgIpc) is 2.98. The normalized spacial score (nSPS) is 12.9. The number of aromatic nitrogens is 1. The summed E-state index contributed by atoms with van der Waals surface area (Å²) in [4.78, 5) is 15.9. The van der Waals surface area contributed by atoms with Gasteiger partial charge in [-0.25, -0.2) is 9.37 Å². The summed E-state index contributed by atoms with van der Waals surface area (Å²) in [6.07, 6.45) is 1.34. The van der Waals surface area contributed by atoms with E-state index in [9.17, 15) is 14.3 Å². The minimum absolute atomic E-state index is 0.189. The number of hydrogen-bond donors (Lipinski definition) is 2. The third kappa shape index (κ3) is 4.89. The van der Waals surface area contributed by atoms with Gasteiger partial charge in [0.25, 0.3) is 0 Å². The number of rotatable bonds is 6. The molecular weight excluding hydrogens is 311 g/mol. The second kappa shape index (κ2) is 7.57. The van der Waals surface area contributed by atoms with Crippen molar-refractivity contribution >= 4 is 5.91 Å². The summed E-state index contributed by atoms with van der Waals surface area (Å²) in [5, 5.41) is 12.6. The highest BCUT2D eigenvalue weighted by molar-refractivity contribution is 5.76. The zero-order chi connectivity index (χ0) is 17.7. The first-order valence-electron chi connectivity index (χ1n) is 7.91. The van der Waals surface area contributed by atoms with E-state index in [4.69, 9.17) is 4.42 Å². The molecule has 1 aromatic carbocycles. The van der Waals surface area contributed by atoms with Gasteiger partial charge in [-0.3, -0.25) is 4.79 Å². The number of carbonyl (C=O) groups excluding carboxylic acids is 1. The van der Waals surface area contributed by atoms with Gasteiger partial charge in [-0.15, -0.1) is 0 Å². The minimum atomic E-state index is -0.615. The van der Waals surface area contributed by atoms with Crippen molar-refractivity contribution in [3.63, 3.8) is 0 Å². The smallest absolute Gasteiger partial charge is 0.220 e. The summed E-state index contributed by atoms with van der Waals surface area (Å²) in [6, 6.07) is 6.28. The second-order valence-electron chi connectivity index (χ2n) is 6.78. The average molecular weight is 334 g/mol. The number of carbonyl (C=O) groups is 1. The van der Waals surface area contributed by atoms with Gasteiger partial charge in [0.2, 0.25) is 5.91 Å². The molecule has 1 atom stereocenters. The molecule has 24 heavy (non-hydrogen) atoms. The van der Waals surface area contributed by atoms with Crippen LogP contribution in [0.4, 0.5) is 4.39 Å². The second-order valence-corrected chi connectivity index (χ2v) is 6.78. The third-order valence-corrected chi connectivity index (χ3v) is 3.75. The molecule has 1 heterocycles. The first kappa shape index (κ1) is 18.1. The number of nitrogens with zero attached hydrogens (tertiary/aromatic N) is 1. The Kier molecular flexibility index (Phi) is 5.72. The standard InChI is InChI=1S/C18H23FN2O3/c1-18(2,3)15(22)11-20-16(23)8-9-17-21-10-14(24-17)12-6-4-5-7-13(12)19/h4-7,10,15,22H,8-9,11H2,1-3H3,(H,20,23). The molecule has 1 amide bonds. The monoisotopic (exact) mass is 334 g/mol. The number of oxazole rings is 1. The molecule has 0 aliphatic carbocycles. The van der Waals surface area contributed by atoms with Gasteiger partial charge in [-0.2, -0.15) is 0 Å². The van der Waals surface area contributed by atoms with Gasteiger partial charge >= 0.3 is 0 Å². The first-order chi connectivity index (χ1) is 11.3. The van der Waals surface area contributed by atoms with E-state index in [0.29, 0.717) is 23.6 Å². The zero-order valence-electron chi connectivity index (χ0n) is 14.2. The molecule has 1 unspecified atom stereocenters. The Labute approximate surface area is 140 Å². The van der Waals surface area contributed by atoms with Crippen molar-refractivity contribution in [3.05, 3.63) is 42.2 Å². The van der Waals surface area contributed by atoms with Gasteiger partial charge in [0.05, 0.1) is 17.9 Å². The quantitative estimate of drug-likeness (QED) is 0.852. The molecule has 2 rings (SSSR count). The van der Waals surface area contributed by atoms with E-state index >= 15 is 0 Å². The van der Waals surface area contributed by atoms with Crippen LogP contribution in [0.15, 0.2) is 34.9 Å². The fourth-order valence-corrected chi connectivity index (χ4v) is 2.04. The lowest BCUT2D eigenvalue weighted by Gasteiger charge is -2.25. The predicted molar refractivity (Wildman–Crippen MR) is 88.7 cm³/mol. The van der Waals surface area contributed by atoms with E-state index in [0.717, 1.165) is 0 Å². The SMILES string of the molecule is CC(C)(C)C(O)CNC(=O)CCc1ncc(-c2ccccc2F)o1. The fourth-order valence-electron chi connectivity index (χ4n) is 2.04. The number of hydrogen-bond acceptors (Lipinski definition) is 4. The van der Waals surface area contributed by atoms with Crippen LogP contribution in [-0.2, 0) is 11.2 Å². The molecule has 0 fully saturated rings. The van der Waals surface area contributed by atoms with Gasteiger partial charge in [-0.05, 0) is 17.5 Å². The van der Waals surface area contributed by atoms with Crippen LogP contribution in [-0.4, -0.2) is 28.6 Å². The molecule has 0 aliphatic heterocycles. The van der Waals surface area contributed by atoms with Crippen LogP contribution in [0, 0.1) is 11.2 Å². The number of aryl methyl sites for hydroxylation is 1. The predicted octanol–water partition coefficient (Wildman–Crippen LogP) is 2.94. The van der Waals surface area contributed by atoms with Crippen LogP contribution in [0.1, 0.15) is 33.1 Å². The topological polar surface area (TPSA) is 75.4 Å². The highest BCUT2D eigenvalue weighted by Gasteiger charge is 2.22. The Morgan fingerprint density at radius 1 is 1.38 bits per heavy atom. The highest BCUT2D eigenvalue weighted by Crippen LogP contribution is 2.23. The summed E-state index contributed by atoms with van der Waals surface area (Å²) in [5.74, 6) is 0.143. The largest absolute Gasteiger partial charge is 0.441 e. The van der Waals surface area contributed by atoms with Crippen molar-refractivity contribution in [1.29, 1.82) is 0 Å². The summed E-state index contributed by atoms with van der Waals surface area (Å²) in [5.41, 5.74) is 0.0545. The van der Waals surface area contributed by atoms with E-state index < -0.39 is 6.10 Å². The maximum absolute atomic E-state index is 13.7. The lowest BCUT2D eigenvalue weighted by atomic mass is 9.89. The van der Waals surface area contributed by atoms with Crippen molar-refractivity contribution in [1.82, 2.24) is 10.3 Å². The van der Waals surface area contributed by atoms with Crippen molar-refractivity contribution in [2.45, 2.75) is 39.7 Å². The number of benzene rings is 1. The van der Waals surface area contributed by atoms with E-state index in [2.05, 4.69) is 10.3 Å². The van der Waals surface area contributed by atoms with Crippen molar-refractivity contribution in [2.24, 2.45) is 5.41 Å². The zero-order valence-corrected chi connectivity index (χ0v) is 14.2. The molecule has 130 valence electrons. The molecule has 2 aromatic rings. The van der Waals surface area contributed by atoms with Gasteiger partial charge in [-0.1, -0.05) is 32.9 Å². The van der Waals surface area contributed by atoms with Crippen LogP contribution in [0.5, 0.6) is 0 Å². The molecule has 1 aromatic heterocycles. The number of aliphatic hydroxyl groups excluding tert-OH is 1. The van der Waals surface area contributed by atoms with E-state index in [1.54, 1.807) is 18.2 Å². The Morgan fingerprint density at radius 2 is 2.08 bits per heavy atom. The Balaban J connectivity index is 1.85. The Bertz CT molecular complexity index is 692. The minimum Gasteiger partial charge on any atom is -0.441 e. The maximum Gasteiger partial charge on any atom is 0.220 e. The summed E-state index contributed by atoms with van der Waals surface area (Å²) in [7, 11) is 0. The molecule has 0 radical (unpaired) electrons. The molecule has 0 saturated heterocycles. The van der Waals surface area contributed by atoms with Crippen LogP contribution >= 0.6 is 0 Å². The molecule has 0 saturated carbocycles. The van der Waals surface area contributed by atoms with Gasteiger partial charge < -0.3 is 14.8 Å². The van der Waals surface area contributed by atoms with Crippen molar-refractivity contribution < 1.29 is 18.7 Å². The molecule has 5 nitrogen and oxygen atoms in total. The summed E-state index contributed by atoms with van der Waals surface area (Å²) < 4.78 is 19.2. The van der Waals surface area contributed by atoms with E-state index in [1.165, 1.54) is 12.3 Å². The van der Waals surface area contributed by atoms with Crippen LogP contribution in [0.2, 0.25) is 0 Å². The van der Waals surface area contributed by atoms with Gasteiger partial charge in [0.15, 0.2) is 11.7 Å². The number of aliphatic hydroxyl groups is 1. The van der Waals surface area contributed by atoms with E-state index in [1.807, 2.05) is 20.8 Å². The van der Waals surface area contributed by atoms with Crippen molar-refractivity contribution in [3.8, 4) is 11.3 Å².